The third-order valence-corrected chi connectivity index (χ3v) is 3.26. The summed E-state index contributed by atoms with van der Waals surface area (Å²) in [6.45, 7) is 4.43. The monoisotopic (exact) mass is 289 g/mol. The fourth-order valence-corrected chi connectivity index (χ4v) is 2.03. The van der Waals surface area contributed by atoms with Gasteiger partial charge in [0.2, 0.25) is 0 Å². The molecule has 0 aliphatic heterocycles. The number of nitrogens with zero attached hydrogens (tertiary/aromatic N) is 2. The van der Waals surface area contributed by atoms with E-state index in [1.165, 1.54) is 5.56 Å². The summed E-state index contributed by atoms with van der Waals surface area (Å²) in [7, 11) is 3.61. The molecule has 1 aromatic carbocycles. The molecule has 0 saturated heterocycles. The van der Waals surface area contributed by atoms with Crippen molar-refractivity contribution in [2.75, 3.05) is 13.7 Å². The molecule has 0 aliphatic rings. The second-order valence-electron chi connectivity index (χ2n) is 4.91. The zero-order chi connectivity index (χ0) is 15.1. The predicted molar refractivity (Wildman–Crippen MR) is 82.5 cm³/mol. The summed E-state index contributed by atoms with van der Waals surface area (Å²) >= 11 is 0. The van der Waals surface area contributed by atoms with Crippen LogP contribution in [0.2, 0.25) is 0 Å². The van der Waals surface area contributed by atoms with E-state index in [1.54, 1.807) is 13.3 Å². The van der Waals surface area contributed by atoms with Crippen LogP contribution in [0.1, 0.15) is 24.7 Å². The number of nitrogens with one attached hydrogen (secondary N) is 1. The van der Waals surface area contributed by atoms with E-state index in [4.69, 9.17) is 9.47 Å². The topological polar surface area (TPSA) is 48.3 Å². The Morgan fingerprint density at radius 3 is 2.81 bits per heavy atom. The van der Waals surface area contributed by atoms with Crippen LogP contribution in [0.5, 0.6) is 11.5 Å². The maximum atomic E-state index is 5.81. The largest absolute Gasteiger partial charge is 0.493 e. The molecule has 2 aromatic rings. The molecule has 0 bridgehead atoms. The van der Waals surface area contributed by atoms with Gasteiger partial charge in [-0.2, -0.15) is 0 Å². The van der Waals surface area contributed by atoms with E-state index in [0.29, 0.717) is 6.61 Å². The van der Waals surface area contributed by atoms with E-state index in [1.807, 2.05) is 29.9 Å². The lowest BCUT2D eigenvalue weighted by molar-refractivity contribution is 0.273. The van der Waals surface area contributed by atoms with E-state index in [0.717, 1.165) is 36.8 Å². The van der Waals surface area contributed by atoms with Crippen molar-refractivity contribution in [3.8, 4) is 11.5 Å². The number of ether oxygens (including phenoxy) is 2. The molecule has 5 nitrogen and oxygen atoms in total. The fourth-order valence-electron chi connectivity index (χ4n) is 2.03. The van der Waals surface area contributed by atoms with Crippen molar-refractivity contribution in [1.29, 1.82) is 0 Å². The number of aryl methyl sites for hydroxylation is 1. The molecular formula is C16H23N3O2. The van der Waals surface area contributed by atoms with E-state index >= 15 is 0 Å². The van der Waals surface area contributed by atoms with Gasteiger partial charge in [0.05, 0.1) is 7.11 Å². The zero-order valence-electron chi connectivity index (χ0n) is 12.9. The Morgan fingerprint density at radius 2 is 2.14 bits per heavy atom. The Labute approximate surface area is 125 Å². The summed E-state index contributed by atoms with van der Waals surface area (Å²) in [5.74, 6) is 2.37. The summed E-state index contributed by atoms with van der Waals surface area (Å²) < 4.78 is 13.2. The second kappa shape index (κ2) is 7.69. The van der Waals surface area contributed by atoms with E-state index in [2.05, 4.69) is 23.3 Å². The molecule has 0 spiro atoms. The highest BCUT2D eigenvalue weighted by molar-refractivity contribution is 5.43. The number of benzene rings is 1. The minimum absolute atomic E-state index is 0.424. The summed E-state index contributed by atoms with van der Waals surface area (Å²) in [5, 5.41) is 3.37. The fraction of sp³-hybridized carbons (Fsp3) is 0.438. The summed E-state index contributed by atoms with van der Waals surface area (Å²) in [6.07, 6.45) is 4.79. The SMILES string of the molecule is CCCNCc1ccc(OCc2nccn2C)c(OC)c1. The van der Waals surface area contributed by atoms with Crippen molar-refractivity contribution >= 4 is 0 Å². The number of methoxy groups -OCH3 is 1. The Kier molecular flexibility index (Phi) is 5.63. The van der Waals surface area contributed by atoms with Crippen molar-refractivity contribution in [2.45, 2.75) is 26.5 Å². The van der Waals surface area contributed by atoms with Gasteiger partial charge < -0.3 is 19.4 Å². The maximum Gasteiger partial charge on any atom is 0.161 e. The van der Waals surface area contributed by atoms with Gasteiger partial charge in [-0.1, -0.05) is 13.0 Å². The Bertz CT molecular complexity index is 566. The lowest BCUT2D eigenvalue weighted by atomic mass is 10.2. The highest BCUT2D eigenvalue weighted by Gasteiger charge is 2.07. The van der Waals surface area contributed by atoms with Gasteiger partial charge in [0.25, 0.3) is 0 Å². The van der Waals surface area contributed by atoms with E-state index in [-0.39, 0.29) is 0 Å². The number of aromatic nitrogens is 2. The van der Waals surface area contributed by atoms with Gasteiger partial charge in [-0.05, 0) is 30.7 Å². The molecular weight excluding hydrogens is 266 g/mol. The number of hydrogen-bond donors (Lipinski definition) is 1. The average molecular weight is 289 g/mol. The van der Waals surface area contributed by atoms with Gasteiger partial charge in [-0.15, -0.1) is 0 Å². The minimum Gasteiger partial charge on any atom is -0.493 e. The highest BCUT2D eigenvalue weighted by atomic mass is 16.5. The lowest BCUT2D eigenvalue weighted by Crippen LogP contribution is -2.13. The van der Waals surface area contributed by atoms with Crippen LogP contribution >= 0.6 is 0 Å². The third-order valence-electron chi connectivity index (χ3n) is 3.26. The quantitative estimate of drug-likeness (QED) is 0.759. The molecule has 0 aliphatic carbocycles. The van der Waals surface area contributed by atoms with Gasteiger partial charge in [-0.25, -0.2) is 4.98 Å². The molecule has 21 heavy (non-hydrogen) atoms. The maximum absolute atomic E-state index is 5.81. The number of hydrogen-bond acceptors (Lipinski definition) is 4. The van der Waals surface area contributed by atoms with E-state index in [9.17, 15) is 0 Å². The van der Waals surface area contributed by atoms with Crippen molar-refractivity contribution in [1.82, 2.24) is 14.9 Å². The smallest absolute Gasteiger partial charge is 0.161 e. The second-order valence-corrected chi connectivity index (χ2v) is 4.91. The van der Waals surface area contributed by atoms with Gasteiger partial charge in [0, 0.05) is 26.0 Å². The highest BCUT2D eigenvalue weighted by Crippen LogP contribution is 2.28. The molecule has 1 N–H and O–H groups in total. The molecule has 0 saturated carbocycles. The zero-order valence-corrected chi connectivity index (χ0v) is 12.9. The van der Waals surface area contributed by atoms with Crippen molar-refractivity contribution in [2.24, 2.45) is 7.05 Å². The first-order valence-electron chi connectivity index (χ1n) is 7.21. The van der Waals surface area contributed by atoms with Gasteiger partial charge in [0.1, 0.15) is 12.4 Å². The van der Waals surface area contributed by atoms with Crippen molar-refractivity contribution in [3.05, 3.63) is 42.0 Å². The van der Waals surface area contributed by atoms with Gasteiger partial charge in [0.15, 0.2) is 11.5 Å². The Balaban J connectivity index is 2.00. The van der Waals surface area contributed by atoms with Crippen LogP contribution in [-0.2, 0) is 20.2 Å². The lowest BCUT2D eigenvalue weighted by Gasteiger charge is -2.12. The third kappa shape index (κ3) is 4.23. The average Bonchev–Trinajstić information content (AvgIpc) is 2.91. The summed E-state index contributed by atoms with van der Waals surface area (Å²) in [5.41, 5.74) is 1.18. The Morgan fingerprint density at radius 1 is 1.29 bits per heavy atom. The normalized spacial score (nSPS) is 10.6. The van der Waals surface area contributed by atoms with Crippen LogP contribution in [0.25, 0.3) is 0 Å². The standard InChI is InChI=1S/C16H23N3O2/c1-4-7-17-11-13-5-6-14(15(10-13)20-3)21-12-16-18-8-9-19(16)2/h5-6,8-10,17H,4,7,11-12H2,1-3H3. The molecule has 114 valence electrons. The molecule has 0 fully saturated rings. The molecule has 0 amide bonds. The molecule has 1 aromatic heterocycles. The molecule has 5 heteroatoms. The first-order valence-corrected chi connectivity index (χ1v) is 7.21. The molecule has 0 unspecified atom stereocenters. The van der Waals surface area contributed by atoms with Crippen LogP contribution in [0, 0.1) is 0 Å². The number of rotatable bonds is 8. The summed E-state index contributed by atoms with van der Waals surface area (Å²) in [4.78, 5) is 4.24. The van der Waals surface area contributed by atoms with Crippen molar-refractivity contribution in [3.63, 3.8) is 0 Å². The first-order chi connectivity index (χ1) is 10.2. The first kappa shape index (κ1) is 15.4. The van der Waals surface area contributed by atoms with Crippen LogP contribution in [-0.4, -0.2) is 23.2 Å². The number of imidazole rings is 1. The summed E-state index contributed by atoms with van der Waals surface area (Å²) in [6, 6.07) is 6.01. The molecule has 1 heterocycles. The molecule has 0 radical (unpaired) electrons. The van der Waals surface area contributed by atoms with E-state index < -0.39 is 0 Å². The van der Waals surface area contributed by atoms with Crippen molar-refractivity contribution < 1.29 is 9.47 Å². The predicted octanol–water partition coefficient (Wildman–Crippen LogP) is 2.51. The molecule has 2 rings (SSSR count). The van der Waals surface area contributed by atoms with Crippen LogP contribution in [0.4, 0.5) is 0 Å². The van der Waals surface area contributed by atoms with Crippen LogP contribution in [0.3, 0.4) is 0 Å². The van der Waals surface area contributed by atoms with Gasteiger partial charge in [-0.3, -0.25) is 0 Å². The van der Waals surface area contributed by atoms with Crippen LogP contribution in [0.15, 0.2) is 30.6 Å². The molecule has 0 atom stereocenters. The van der Waals surface area contributed by atoms with Crippen LogP contribution < -0.4 is 14.8 Å². The minimum atomic E-state index is 0.424. The Hall–Kier alpha value is -2.01. The van der Waals surface area contributed by atoms with Gasteiger partial charge >= 0.3 is 0 Å².